The van der Waals surface area contributed by atoms with Crippen LogP contribution in [0.3, 0.4) is 0 Å². The average Bonchev–Trinajstić information content (AvgIpc) is 3.43. The van der Waals surface area contributed by atoms with Gasteiger partial charge in [-0.1, -0.05) is 29.5 Å². The van der Waals surface area contributed by atoms with E-state index >= 15 is 0 Å². The number of amides is 1. The summed E-state index contributed by atoms with van der Waals surface area (Å²) in [6.45, 7) is 5.99. The number of benzene rings is 2. The molecule has 0 aliphatic heterocycles. The van der Waals surface area contributed by atoms with Crippen LogP contribution in [0.4, 0.5) is 5.82 Å². The van der Waals surface area contributed by atoms with Crippen molar-refractivity contribution in [2.75, 3.05) is 12.4 Å². The number of anilines is 1. The van der Waals surface area contributed by atoms with Crippen molar-refractivity contribution in [3.05, 3.63) is 65.0 Å². The zero-order valence-electron chi connectivity index (χ0n) is 17.5. The van der Waals surface area contributed by atoms with Crippen molar-refractivity contribution >= 4 is 44.2 Å². The summed E-state index contributed by atoms with van der Waals surface area (Å²) in [7, 11) is 1.57. The Kier molecular flexibility index (Phi) is 4.51. The number of nitrogens with zero attached hydrogens (tertiary/aromatic N) is 3. The molecule has 0 aliphatic rings. The number of thiazole rings is 1. The number of methoxy groups -OCH3 is 1. The predicted octanol–water partition coefficient (Wildman–Crippen LogP) is 5.41. The van der Waals surface area contributed by atoms with Crippen molar-refractivity contribution < 1.29 is 13.9 Å². The first-order valence-corrected chi connectivity index (χ1v) is 10.6. The lowest BCUT2D eigenvalue weighted by Crippen LogP contribution is -2.14. The maximum atomic E-state index is 12.9. The maximum Gasteiger partial charge on any atom is 0.292 e. The Balaban J connectivity index is 1.51. The van der Waals surface area contributed by atoms with E-state index in [0.29, 0.717) is 22.3 Å². The Morgan fingerprint density at radius 3 is 2.81 bits per heavy atom. The number of hydrogen-bond donors (Lipinski definition) is 1. The van der Waals surface area contributed by atoms with Crippen molar-refractivity contribution in [3.63, 3.8) is 0 Å². The molecule has 1 N–H and O–H groups in total. The minimum Gasteiger partial charge on any atom is -0.493 e. The zero-order valence-corrected chi connectivity index (χ0v) is 18.3. The van der Waals surface area contributed by atoms with Crippen molar-refractivity contribution in [2.45, 2.75) is 20.8 Å². The lowest BCUT2D eigenvalue weighted by molar-refractivity contribution is 0.0998. The lowest BCUT2D eigenvalue weighted by Gasteiger charge is -2.04. The van der Waals surface area contributed by atoms with E-state index in [4.69, 9.17) is 14.1 Å². The molecular formula is C23H20N4O3S. The molecule has 0 saturated carbocycles. The second kappa shape index (κ2) is 7.24. The van der Waals surface area contributed by atoms with Crippen molar-refractivity contribution in [2.24, 2.45) is 0 Å². The van der Waals surface area contributed by atoms with Crippen LogP contribution >= 0.6 is 11.3 Å². The van der Waals surface area contributed by atoms with Gasteiger partial charge >= 0.3 is 0 Å². The number of aromatic nitrogens is 3. The number of fused-ring (bicyclic) bond motifs is 2. The van der Waals surface area contributed by atoms with E-state index in [0.717, 1.165) is 26.9 Å². The van der Waals surface area contributed by atoms with Crippen molar-refractivity contribution in [1.29, 1.82) is 0 Å². The average molecular weight is 433 g/mol. The molecule has 0 atom stereocenters. The standard InChI is InChI=1S/C23H20N4O3S/c1-12-8-13(2)20-18(9-12)31-23(25-20)27-19(10-14(3)26-27)24-22(28)17-11-15-6-5-7-16(29-4)21(15)30-17/h5-11H,1-4H3,(H,24,28). The molecule has 0 aliphatic carbocycles. The molecule has 3 aromatic heterocycles. The summed E-state index contributed by atoms with van der Waals surface area (Å²) in [4.78, 5) is 17.7. The molecule has 0 fully saturated rings. The van der Waals surface area contributed by atoms with Gasteiger partial charge in [0.15, 0.2) is 17.1 Å². The number of nitrogens with one attached hydrogen (secondary N) is 1. The first-order chi connectivity index (χ1) is 14.9. The number of rotatable bonds is 4. The fourth-order valence-electron chi connectivity index (χ4n) is 3.67. The highest BCUT2D eigenvalue weighted by atomic mass is 32.1. The largest absolute Gasteiger partial charge is 0.493 e. The molecule has 0 spiro atoms. The van der Waals surface area contributed by atoms with Crippen molar-refractivity contribution in [1.82, 2.24) is 14.8 Å². The minimum absolute atomic E-state index is 0.195. The predicted molar refractivity (Wildman–Crippen MR) is 122 cm³/mol. The molecule has 7 nitrogen and oxygen atoms in total. The van der Waals surface area contributed by atoms with E-state index in [1.807, 2.05) is 32.0 Å². The molecule has 0 unspecified atom stereocenters. The summed E-state index contributed by atoms with van der Waals surface area (Å²) < 4.78 is 13.8. The van der Waals surface area contributed by atoms with E-state index in [1.165, 1.54) is 16.9 Å². The molecule has 1 amide bonds. The fraction of sp³-hybridized carbons (Fsp3) is 0.174. The Labute approximate surface area is 182 Å². The Bertz CT molecular complexity index is 1460. The van der Waals surface area contributed by atoms with Gasteiger partial charge in [0, 0.05) is 11.5 Å². The Morgan fingerprint density at radius 2 is 2.00 bits per heavy atom. The summed E-state index contributed by atoms with van der Waals surface area (Å²) in [5, 5.41) is 8.94. The van der Waals surface area contributed by atoms with Gasteiger partial charge in [-0.25, -0.2) is 4.98 Å². The van der Waals surface area contributed by atoms with E-state index in [1.54, 1.807) is 23.9 Å². The molecule has 2 aromatic carbocycles. The SMILES string of the molecule is COc1cccc2cc(C(=O)Nc3cc(C)nn3-c3nc4c(C)cc(C)cc4s3)oc12. The first kappa shape index (κ1) is 19.3. The monoisotopic (exact) mass is 432 g/mol. The van der Waals surface area contributed by atoms with Crippen LogP contribution in [-0.2, 0) is 0 Å². The van der Waals surface area contributed by atoms with Gasteiger partial charge in [-0.2, -0.15) is 9.78 Å². The molecule has 156 valence electrons. The summed E-state index contributed by atoms with van der Waals surface area (Å²) >= 11 is 1.54. The topological polar surface area (TPSA) is 82.2 Å². The second-order valence-electron chi connectivity index (χ2n) is 7.45. The van der Waals surface area contributed by atoms with Gasteiger partial charge < -0.3 is 14.5 Å². The Morgan fingerprint density at radius 1 is 1.16 bits per heavy atom. The van der Waals surface area contributed by atoms with Crippen LogP contribution in [0.15, 0.2) is 46.9 Å². The van der Waals surface area contributed by atoms with Crippen LogP contribution in [0.25, 0.3) is 26.3 Å². The molecule has 8 heteroatoms. The lowest BCUT2D eigenvalue weighted by atomic mass is 10.1. The second-order valence-corrected chi connectivity index (χ2v) is 8.46. The molecule has 3 heterocycles. The first-order valence-electron chi connectivity index (χ1n) is 9.75. The van der Waals surface area contributed by atoms with Gasteiger partial charge in [0.25, 0.3) is 5.91 Å². The van der Waals surface area contributed by atoms with Crippen molar-refractivity contribution in [3.8, 4) is 10.9 Å². The quantitative estimate of drug-likeness (QED) is 0.410. The van der Waals surface area contributed by atoms with Gasteiger partial charge in [0.05, 0.1) is 23.0 Å². The van der Waals surface area contributed by atoms with Crippen LogP contribution in [0.1, 0.15) is 27.4 Å². The van der Waals surface area contributed by atoms with Crippen LogP contribution in [-0.4, -0.2) is 27.8 Å². The number of carbonyl (C=O) groups excluding carboxylic acids is 1. The van der Waals surface area contributed by atoms with Crippen LogP contribution in [0.2, 0.25) is 0 Å². The molecule has 0 bridgehead atoms. The van der Waals surface area contributed by atoms with Gasteiger partial charge in [0.1, 0.15) is 5.82 Å². The number of furan rings is 1. The summed E-state index contributed by atoms with van der Waals surface area (Å²) in [5.74, 6) is 0.939. The van der Waals surface area contributed by atoms with E-state index < -0.39 is 0 Å². The molecule has 0 saturated heterocycles. The minimum atomic E-state index is -0.368. The highest BCUT2D eigenvalue weighted by Gasteiger charge is 2.19. The third-order valence-corrected chi connectivity index (χ3v) is 6.00. The summed E-state index contributed by atoms with van der Waals surface area (Å²) in [5.41, 5.74) is 4.56. The van der Waals surface area contributed by atoms with Gasteiger partial charge in [0.2, 0.25) is 5.13 Å². The number of ether oxygens (including phenoxy) is 1. The molecule has 31 heavy (non-hydrogen) atoms. The van der Waals surface area contributed by atoms with Gasteiger partial charge in [-0.05, 0) is 50.1 Å². The van der Waals surface area contributed by atoms with Crippen LogP contribution < -0.4 is 10.1 Å². The maximum absolute atomic E-state index is 12.9. The Hall–Kier alpha value is -3.65. The van der Waals surface area contributed by atoms with Gasteiger partial charge in [-0.3, -0.25) is 4.79 Å². The van der Waals surface area contributed by atoms with Gasteiger partial charge in [-0.15, -0.1) is 0 Å². The molecular weight excluding hydrogens is 412 g/mol. The number of aryl methyl sites for hydroxylation is 3. The number of hydrogen-bond acceptors (Lipinski definition) is 6. The number of para-hydroxylation sites is 1. The molecule has 5 rings (SSSR count). The van der Waals surface area contributed by atoms with Crippen LogP contribution in [0.5, 0.6) is 5.75 Å². The molecule has 5 aromatic rings. The third-order valence-electron chi connectivity index (χ3n) is 5.02. The number of carbonyl (C=O) groups is 1. The van der Waals surface area contributed by atoms with E-state index in [9.17, 15) is 4.79 Å². The highest BCUT2D eigenvalue weighted by molar-refractivity contribution is 7.20. The smallest absolute Gasteiger partial charge is 0.292 e. The molecule has 0 radical (unpaired) electrons. The van der Waals surface area contributed by atoms with E-state index in [-0.39, 0.29) is 11.7 Å². The summed E-state index contributed by atoms with van der Waals surface area (Å²) in [6.07, 6.45) is 0. The fourth-order valence-corrected chi connectivity index (χ4v) is 4.78. The zero-order chi connectivity index (χ0) is 21.7. The third kappa shape index (κ3) is 3.34. The normalized spacial score (nSPS) is 11.4. The van der Waals surface area contributed by atoms with Crippen LogP contribution in [0, 0.1) is 20.8 Å². The summed E-state index contributed by atoms with van der Waals surface area (Å²) in [6, 6.07) is 13.3. The van der Waals surface area contributed by atoms with E-state index in [2.05, 4.69) is 29.5 Å². The highest BCUT2D eigenvalue weighted by Crippen LogP contribution is 2.31.